The van der Waals surface area contributed by atoms with Gasteiger partial charge in [0.25, 0.3) is 0 Å². The predicted octanol–water partition coefficient (Wildman–Crippen LogP) is 2.27. The van der Waals surface area contributed by atoms with E-state index < -0.39 is 5.97 Å². The molecule has 0 bridgehead atoms. The fraction of sp³-hybridized carbons (Fsp3) is 0.857. The first kappa shape index (κ1) is 15.8. The summed E-state index contributed by atoms with van der Waals surface area (Å²) in [6.07, 6.45) is 1.03. The Labute approximate surface area is 115 Å². The van der Waals surface area contributed by atoms with E-state index in [0.29, 0.717) is 11.8 Å². The van der Waals surface area contributed by atoms with E-state index in [0.717, 1.165) is 19.5 Å². The Balaban J connectivity index is 2.63. The lowest BCUT2D eigenvalue weighted by Crippen LogP contribution is -2.51. The van der Waals surface area contributed by atoms with Crippen LogP contribution in [0.4, 0.5) is 4.79 Å². The Bertz CT molecular complexity index is 331. The monoisotopic (exact) mass is 270 g/mol. The Morgan fingerprint density at radius 3 is 2.42 bits per heavy atom. The quantitative estimate of drug-likeness (QED) is 0.852. The minimum atomic E-state index is -0.862. The lowest BCUT2D eigenvalue weighted by molar-refractivity contribution is -0.137. The molecule has 1 saturated heterocycles. The number of carboxylic acid groups (broad SMARTS) is 1. The number of nitrogens with zero attached hydrogens (tertiary/aromatic N) is 2. The molecule has 0 saturated carbocycles. The second-order valence-corrected chi connectivity index (χ2v) is 5.90. The molecule has 1 N–H and O–H groups in total. The van der Waals surface area contributed by atoms with Crippen molar-refractivity contribution in [2.75, 3.05) is 19.6 Å². The zero-order valence-corrected chi connectivity index (χ0v) is 12.4. The Hall–Kier alpha value is -1.26. The third-order valence-electron chi connectivity index (χ3n) is 4.04. The molecular weight excluding hydrogens is 244 g/mol. The zero-order chi connectivity index (χ0) is 14.6. The third-order valence-corrected chi connectivity index (χ3v) is 4.04. The van der Waals surface area contributed by atoms with E-state index in [4.69, 9.17) is 5.11 Å². The molecule has 2 amide bonds. The van der Waals surface area contributed by atoms with Gasteiger partial charge in [-0.3, -0.25) is 4.79 Å². The molecule has 0 spiro atoms. The van der Waals surface area contributed by atoms with E-state index in [-0.39, 0.29) is 25.0 Å². The van der Waals surface area contributed by atoms with Crippen molar-refractivity contribution >= 4 is 12.0 Å². The molecule has 0 aliphatic carbocycles. The second-order valence-electron chi connectivity index (χ2n) is 5.90. The van der Waals surface area contributed by atoms with Crippen LogP contribution in [0.3, 0.4) is 0 Å². The molecule has 5 nitrogen and oxygen atoms in total. The van der Waals surface area contributed by atoms with Crippen molar-refractivity contribution in [3.63, 3.8) is 0 Å². The molecule has 1 aliphatic heterocycles. The van der Waals surface area contributed by atoms with Gasteiger partial charge >= 0.3 is 12.0 Å². The van der Waals surface area contributed by atoms with Crippen LogP contribution >= 0.6 is 0 Å². The molecule has 1 heterocycles. The molecule has 19 heavy (non-hydrogen) atoms. The largest absolute Gasteiger partial charge is 0.481 e. The molecule has 1 fully saturated rings. The molecule has 0 aromatic carbocycles. The molecule has 1 rings (SSSR count). The van der Waals surface area contributed by atoms with Crippen LogP contribution in [0.5, 0.6) is 0 Å². The summed E-state index contributed by atoms with van der Waals surface area (Å²) in [5.41, 5.74) is 0. The smallest absolute Gasteiger partial charge is 0.320 e. The standard InChI is InChI=1S/C14H26N2O3/c1-10(2)16(8-6-13(17)18)14(19)15-7-5-11(3)12(4)9-15/h10-12H,5-9H2,1-4H3,(H,17,18). The van der Waals surface area contributed by atoms with E-state index in [1.165, 1.54) is 0 Å². The van der Waals surface area contributed by atoms with Crippen LogP contribution in [0.1, 0.15) is 40.5 Å². The van der Waals surface area contributed by atoms with E-state index >= 15 is 0 Å². The molecule has 1 aliphatic rings. The number of carboxylic acids is 1. The number of hydrogen-bond acceptors (Lipinski definition) is 2. The van der Waals surface area contributed by atoms with Crippen molar-refractivity contribution in [3.8, 4) is 0 Å². The Kier molecular flexibility index (Phi) is 5.63. The van der Waals surface area contributed by atoms with Gasteiger partial charge in [-0.1, -0.05) is 13.8 Å². The van der Waals surface area contributed by atoms with Gasteiger partial charge in [-0.2, -0.15) is 0 Å². The highest BCUT2D eigenvalue weighted by molar-refractivity contribution is 5.76. The molecule has 5 heteroatoms. The van der Waals surface area contributed by atoms with Crippen molar-refractivity contribution in [2.24, 2.45) is 11.8 Å². The second kappa shape index (κ2) is 6.78. The first-order valence-electron chi connectivity index (χ1n) is 7.10. The summed E-state index contributed by atoms with van der Waals surface area (Å²) in [5, 5.41) is 8.76. The number of aliphatic carboxylic acids is 1. The van der Waals surface area contributed by atoms with Crippen LogP contribution in [0.25, 0.3) is 0 Å². The van der Waals surface area contributed by atoms with E-state index in [9.17, 15) is 9.59 Å². The summed E-state index contributed by atoms with van der Waals surface area (Å²) < 4.78 is 0. The van der Waals surface area contributed by atoms with Crippen LogP contribution in [0.2, 0.25) is 0 Å². The van der Waals surface area contributed by atoms with Gasteiger partial charge in [0, 0.05) is 25.7 Å². The topological polar surface area (TPSA) is 60.9 Å². The fourth-order valence-electron chi connectivity index (χ4n) is 2.41. The summed E-state index contributed by atoms with van der Waals surface area (Å²) in [5.74, 6) is 0.292. The molecular formula is C14H26N2O3. The SMILES string of the molecule is CC1CCN(C(=O)N(CCC(=O)O)C(C)C)CC1C. The van der Waals surface area contributed by atoms with Crippen LogP contribution in [-0.4, -0.2) is 52.6 Å². The van der Waals surface area contributed by atoms with Crippen LogP contribution < -0.4 is 0 Å². The van der Waals surface area contributed by atoms with Crippen LogP contribution in [0, 0.1) is 11.8 Å². The normalized spacial score (nSPS) is 23.5. The number of piperidine rings is 1. The summed E-state index contributed by atoms with van der Waals surface area (Å²) in [4.78, 5) is 26.7. The first-order chi connectivity index (χ1) is 8.82. The van der Waals surface area contributed by atoms with Crippen molar-refractivity contribution in [3.05, 3.63) is 0 Å². The number of amides is 2. The number of carbonyl (C=O) groups is 2. The number of hydrogen-bond donors (Lipinski definition) is 1. The minimum absolute atomic E-state index is 0.00369. The van der Waals surface area contributed by atoms with Gasteiger partial charge in [-0.25, -0.2) is 4.79 Å². The highest BCUT2D eigenvalue weighted by Crippen LogP contribution is 2.23. The molecule has 0 aromatic rings. The molecule has 110 valence electrons. The number of rotatable bonds is 4. The van der Waals surface area contributed by atoms with Gasteiger partial charge in [0.2, 0.25) is 0 Å². The lowest BCUT2D eigenvalue weighted by Gasteiger charge is -2.39. The van der Waals surface area contributed by atoms with Gasteiger partial charge in [0.1, 0.15) is 0 Å². The maximum atomic E-state index is 12.5. The lowest BCUT2D eigenvalue weighted by atomic mass is 9.89. The van der Waals surface area contributed by atoms with Crippen LogP contribution in [0.15, 0.2) is 0 Å². The zero-order valence-electron chi connectivity index (χ0n) is 12.4. The molecule has 2 atom stereocenters. The maximum Gasteiger partial charge on any atom is 0.320 e. The number of urea groups is 1. The average Bonchev–Trinajstić information content (AvgIpc) is 2.31. The van der Waals surface area contributed by atoms with E-state index in [1.807, 2.05) is 18.7 Å². The average molecular weight is 270 g/mol. The highest BCUT2D eigenvalue weighted by Gasteiger charge is 2.29. The van der Waals surface area contributed by atoms with Crippen molar-refractivity contribution in [1.82, 2.24) is 9.80 Å². The maximum absolute atomic E-state index is 12.5. The van der Waals surface area contributed by atoms with Gasteiger partial charge in [0.05, 0.1) is 6.42 Å². The fourth-order valence-corrected chi connectivity index (χ4v) is 2.41. The van der Waals surface area contributed by atoms with Crippen LogP contribution in [-0.2, 0) is 4.79 Å². The highest BCUT2D eigenvalue weighted by atomic mass is 16.4. The van der Waals surface area contributed by atoms with E-state index in [2.05, 4.69) is 13.8 Å². The van der Waals surface area contributed by atoms with E-state index in [1.54, 1.807) is 4.90 Å². The van der Waals surface area contributed by atoms with Gasteiger partial charge in [-0.05, 0) is 32.1 Å². The Morgan fingerprint density at radius 1 is 1.32 bits per heavy atom. The van der Waals surface area contributed by atoms with Gasteiger partial charge < -0.3 is 14.9 Å². The molecule has 0 radical (unpaired) electrons. The van der Waals surface area contributed by atoms with Crippen molar-refractivity contribution < 1.29 is 14.7 Å². The predicted molar refractivity (Wildman–Crippen MR) is 74.0 cm³/mol. The molecule has 2 unspecified atom stereocenters. The van der Waals surface area contributed by atoms with Crippen molar-refractivity contribution in [2.45, 2.75) is 46.6 Å². The van der Waals surface area contributed by atoms with Crippen molar-refractivity contribution in [1.29, 1.82) is 0 Å². The number of carbonyl (C=O) groups excluding carboxylic acids is 1. The summed E-state index contributed by atoms with van der Waals surface area (Å²) in [7, 11) is 0. The summed E-state index contributed by atoms with van der Waals surface area (Å²) >= 11 is 0. The summed E-state index contributed by atoms with van der Waals surface area (Å²) in [6.45, 7) is 10.1. The number of likely N-dealkylation sites (tertiary alicyclic amines) is 1. The molecule has 0 aromatic heterocycles. The minimum Gasteiger partial charge on any atom is -0.481 e. The summed E-state index contributed by atoms with van der Waals surface area (Å²) in [6, 6.07) is 0.0107. The third kappa shape index (κ3) is 4.40. The Morgan fingerprint density at radius 2 is 1.95 bits per heavy atom. The van der Waals surface area contributed by atoms with Gasteiger partial charge in [-0.15, -0.1) is 0 Å². The first-order valence-corrected chi connectivity index (χ1v) is 7.10. The van der Waals surface area contributed by atoms with Gasteiger partial charge in [0.15, 0.2) is 0 Å².